The predicted molar refractivity (Wildman–Crippen MR) is 86.5 cm³/mol. The van der Waals surface area contributed by atoms with E-state index in [4.69, 9.17) is 21.6 Å². The number of alkyl halides is 1. The third-order valence-corrected chi connectivity index (χ3v) is 2.99. The summed E-state index contributed by atoms with van der Waals surface area (Å²) in [5.41, 5.74) is 2.00. The Morgan fingerprint density at radius 3 is 2.90 bits per heavy atom. The Balaban J connectivity index is 2.95. The fourth-order valence-electron chi connectivity index (χ4n) is 1.66. The number of allylic oxidation sites excluding steroid dienone is 3. The van der Waals surface area contributed by atoms with Gasteiger partial charge in [0.15, 0.2) is 0 Å². The van der Waals surface area contributed by atoms with Crippen LogP contribution >= 0.6 is 11.6 Å². The van der Waals surface area contributed by atoms with E-state index in [1.807, 2.05) is 38.2 Å². The summed E-state index contributed by atoms with van der Waals surface area (Å²) in [6.45, 7) is 7.80. The van der Waals surface area contributed by atoms with Gasteiger partial charge >= 0.3 is 0 Å². The van der Waals surface area contributed by atoms with Crippen molar-refractivity contribution < 1.29 is 4.74 Å². The smallest absolute Gasteiger partial charge is 0.232 e. The highest BCUT2D eigenvalue weighted by Gasteiger charge is 2.15. The molecule has 4 heteroatoms. The first-order valence-corrected chi connectivity index (χ1v) is 7.24. The zero-order chi connectivity index (χ0) is 15.7. The van der Waals surface area contributed by atoms with Crippen LogP contribution in [-0.4, -0.2) is 17.0 Å². The van der Waals surface area contributed by atoms with E-state index in [-0.39, 0.29) is 6.10 Å². The van der Waals surface area contributed by atoms with Gasteiger partial charge < -0.3 is 4.74 Å². The third kappa shape index (κ3) is 5.45. The molecule has 0 saturated heterocycles. The first kappa shape index (κ1) is 17.0. The summed E-state index contributed by atoms with van der Waals surface area (Å²) >= 11 is 5.83. The Morgan fingerprint density at radius 2 is 2.29 bits per heavy atom. The van der Waals surface area contributed by atoms with Crippen LogP contribution in [0.1, 0.15) is 24.6 Å². The van der Waals surface area contributed by atoms with Gasteiger partial charge in [-0.2, -0.15) is 5.26 Å². The SMILES string of the molecule is C=C(/C=C\C=C/C)[C@@H](CCCl)Oc1nc(C)ccc1C#N. The van der Waals surface area contributed by atoms with Gasteiger partial charge in [0.2, 0.25) is 5.88 Å². The molecule has 1 atom stereocenters. The second-order valence-corrected chi connectivity index (χ2v) is 4.84. The molecule has 0 spiro atoms. The molecule has 0 radical (unpaired) electrons. The molecule has 0 fully saturated rings. The maximum absolute atomic E-state index is 9.12. The van der Waals surface area contributed by atoms with Gasteiger partial charge in [-0.1, -0.05) is 30.9 Å². The van der Waals surface area contributed by atoms with Gasteiger partial charge in [-0.15, -0.1) is 11.6 Å². The van der Waals surface area contributed by atoms with Crippen LogP contribution in [-0.2, 0) is 0 Å². The highest BCUT2D eigenvalue weighted by Crippen LogP contribution is 2.21. The number of ether oxygens (including phenoxy) is 1. The summed E-state index contributed by atoms with van der Waals surface area (Å²) in [4.78, 5) is 4.28. The molecule has 0 aliphatic heterocycles. The minimum absolute atomic E-state index is 0.301. The van der Waals surface area contributed by atoms with Crippen LogP contribution in [0.2, 0.25) is 0 Å². The molecule has 0 unspecified atom stereocenters. The molecule has 1 rings (SSSR count). The molecular formula is C17H19ClN2O. The number of nitrogens with zero attached hydrogens (tertiary/aromatic N) is 2. The molecule has 0 bridgehead atoms. The molecule has 0 saturated carbocycles. The maximum atomic E-state index is 9.12. The molecule has 0 aromatic carbocycles. The molecule has 0 aliphatic rings. The van der Waals surface area contributed by atoms with Crippen molar-refractivity contribution in [2.75, 3.05) is 5.88 Å². The van der Waals surface area contributed by atoms with E-state index in [0.717, 1.165) is 11.3 Å². The zero-order valence-corrected chi connectivity index (χ0v) is 13.1. The van der Waals surface area contributed by atoms with Gasteiger partial charge in [-0.3, -0.25) is 0 Å². The fraction of sp³-hybridized carbons (Fsp3) is 0.294. The summed E-state index contributed by atoms with van der Waals surface area (Å²) < 4.78 is 5.86. The summed E-state index contributed by atoms with van der Waals surface area (Å²) in [6, 6.07) is 5.56. The second kappa shape index (κ2) is 8.99. The van der Waals surface area contributed by atoms with Gasteiger partial charge in [0.25, 0.3) is 0 Å². The molecule has 21 heavy (non-hydrogen) atoms. The minimum Gasteiger partial charge on any atom is -0.469 e. The molecule has 110 valence electrons. The van der Waals surface area contributed by atoms with E-state index >= 15 is 0 Å². The monoisotopic (exact) mass is 302 g/mol. The van der Waals surface area contributed by atoms with Crippen LogP contribution < -0.4 is 4.74 Å². The van der Waals surface area contributed by atoms with Gasteiger partial charge in [0, 0.05) is 18.0 Å². The molecule has 1 aromatic rings. The summed E-state index contributed by atoms with van der Waals surface area (Å²) in [5, 5.41) is 9.12. The van der Waals surface area contributed by atoms with Crippen LogP contribution in [0.3, 0.4) is 0 Å². The average molecular weight is 303 g/mol. The number of hydrogen-bond acceptors (Lipinski definition) is 3. The predicted octanol–water partition coefficient (Wildman–Crippen LogP) is 4.33. The van der Waals surface area contributed by atoms with E-state index < -0.39 is 0 Å². The Kier molecular flexibility index (Phi) is 7.28. The van der Waals surface area contributed by atoms with E-state index in [2.05, 4.69) is 17.6 Å². The third-order valence-electron chi connectivity index (χ3n) is 2.77. The molecule has 0 aliphatic carbocycles. The molecule has 3 nitrogen and oxygen atoms in total. The number of aryl methyl sites for hydroxylation is 1. The zero-order valence-electron chi connectivity index (χ0n) is 12.3. The first-order valence-electron chi connectivity index (χ1n) is 6.71. The molecule has 0 amide bonds. The summed E-state index contributed by atoms with van der Waals surface area (Å²) in [5.74, 6) is 0.766. The normalized spacial score (nSPS) is 12.5. The average Bonchev–Trinajstić information content (AvgIpc) is 2.47. The highest BCUT2D eigenvalue weighted by atomic mass is 35.5. The van der Waals surface area contributed by atoms with Crippen molar-refractivity contribution in [3.8, 4) is 11.9 Å². The molecule has 0 N–H and O–H groups in total. The minimum atomic E-state index is -0.301. The maximum Gasteiger partial charge on any atom is 0.232 e. The molecule has 1 heterocycles. The number of hydrogen-bond donors (Lipinski definition) is 0. The van der Waals surface area contributed by atoms with Crippen LogP contribution in [0.5, 0.6) is 5.88 Å². The van der Waals surface area contributed by atoms with Crippen LogP contribution in [0.25, 0.3) is 0 Å². The standard InChI is InChI=1S/C17H19ClN2O/c1-4-5-6-7-13(2)16(10-11-18)21-17-15(12-19)9-8-14(3)20-17/h4-9,16H,2,10-11H2,1,3H3/b5-4-,7-6-/t16-/m1/s1. The lowest BCUT2D eigenvalue weighted by atomic mass is 10.1. The quantitative estimate of drug-likeness (QED) is 0.556. The Bertz CT molecular complexity index is 585. The number of rotatable bonds is 7. The number of halogens is 1. The lowest BCUT2D eigenvalue weighted by molar-refractivity contribution is 0.227. The van der Waals surface area contributed by atoms with Crippen molar-refractivity contribution in [1.82, 2.24) is 4.98 Å². The van der Waals surface area contributed by atoms with Gasteiger partial charge in [0.05, 0.1) is 0 Å². The van der Waals surface area contributed by atoms with Gasteiger partial charge in [0.1, 0.15) is 17.7 Å². The fourth-order valence-corrected chi connectivity index (χ4v) is 1.86. The lowest BCUT2D eigenvalue weighted by Gasteiger charge is -2.19. The van der Waals surface area contributed by atoms with Crippen LogP contribution in [0.4, 0.5) is 0 Å². The van der Waals surface area contributed by atoms with E-state index in [0.29, 0.717) is 23.7 Å². The van der Waals surface area contributed by atoms with Crippen LogP contribution in [0.15, 0.2) is 48.6 Å². The van der Waals surface area contributed by atoms with Crippen molar-refractivity contribution in [2.24, 2.45) is 0 Å². The Morgan fingerprint density at radius 1 is 1.52 bits per heavy atom. The van der Waals surface area contributed by atoms with Crippen molar-refractivity contribution in [1.29, 1.82) is 5.26 Å². The van der Waals surface area contributed by atoms with E-state index in [9.17, 15) is 0 Å². The Labute approximate surface area is 131 Å². The van der Waals surface area contributed by atoms with Crippen molar-refractivity contribution >= 4 is 11.6 Å². The summed E-state index contributed by atoms with van der Waals surface area (Å²) in [7, 11) is 0. The first-order chi connectivity index (χ1) is 10.1. The summed E-state index contributed by atoms with van der Waals surface area (Å²) in [6.07, 6.45) is 7.90. The van der Waals surface area contributed by atoms with E-state index in [1.54, 1.807) is 12.1 Å². The number of aromatic nitrogens is 1. The van der Waals surface area contributed by atoms with Crippen molar-refractivity contribution in [3.63, 3.8) is 0 Å². The second-order valence-electron chi connectivity index (χ2n) is 4.46. The topological polar surface area (TPSA) is 45.9 Å². The lowest BCUT2D eigenvalue weighted by Crippen LogP contribution is -2.20. The highest BCUT2D eigenvalue weighted by molar-refractivity contribution is 6.17. The van der Waals surface area contributed by atoms with Gasteiger partial charge in [-0.25, -0.2) is 4.98 Å². The molecule has 1 aromatic heterocycles. The van der Waals surface area contributed by atoms with Crippen molar-refractivity contribution in [2.45, 2.75) is 26.4 Å². The Hall–Kier alpha value is -2.05. The van der Waals surface area contributed by atoms with Crippen LogP contribution in [0, 0.1) is 18.3 Å². The van der Waals surface area contributed by atoms with E-state index in [1.165, 1.54) is 0 Å². The number of nitriles is 1. The van der Waals surface area contributed by atoms with Crippen molar-refractivity contribution in [3.05, 3.63) is 59.8 Å². The largest absolute Gasteiger partial charge is 0.469 e. The van der Waals surface area contributed by atoms with Gasteiger partial charge in [-0.05, 0) is 31.6 Å². The molecular weight excluding hydrogens is 284 g/mol. The number of pyridine rings is 1.